The lowest BCUT2D eigenvalue weighted by molar-refractivity contribution is -0.140. The van der Waals surface area contributed by atoms with Gasteiger partial charge in [0.2, 0.25) is 0 Å². The second-order valence-corrected chi connectivity index (χ2v) is 3.25. The highest BCUT2D eigenvalue weighted by molar-refractivity contribution is 5.65. The van der Waals surface area contributed by atoms with Crippen LogP contribution in [0.15, 0.2) is 0 Å². The summed E-state index contributed by atoms with van der Waals surface area (Å²) in [5.74, 6) is -0.227. The van der Waals surface area contributed by atoms with E-state index in [1.54, 1.807) is 0 Å². The minimum atomic E-state index is -0.227. The van der Waals surface area contributed by atoms with Crippen LogP contribution in [-0.4, -0.2) is 25.7 Å². The second-order valence-electron chi connectivity index (χ2n) is 3.25. The van der Waals surface area contributed by atoms with E-state index in [4.69, 9.17) is 4.74 Å². The van der Waals surface area contributed by atoms with Gasteiger partial charge in [0, 0.05) is 20.0 Å². The number of rotatable bonds is 9. The summed E-state index contributed by atoms with van der Waals surface area (Å²) in [5, 5.41) is 0. The molecule has 4 heteroatoms. The summed E-state index contributed by atoms with van der Waals surface area (Å²) in [4.78, 5) is 10.4. The molecule has 0 saturated carbocycles. The summed E-state index contributed by atoms with van der Waals surface area (Å²) in [5.41, 5.74) is 6.07. The second kappa shape index (κ2) is 10.5. The van der Waals surface area contributed by atoms with Crippen LogP contribution in [0.1, 0.15) is 39.5 Å². The van der Waals surface area contributed by atoms with Gasteiger partial charge in [-0.3, -0.25) is 15.6 Å². The summed E-state index contributed by atoms with van der Waals surface area (Å²) in [6.45, 7) is 5.67. The summed E-state index contributed by atoms with van der Waals surface area (Å²) in [7, 11) is 0. The molecule has 84 valence electrons. The van der Waals surface area contributed by atoms with Gasteiger partial charge >= 0.3 is 5.97 Å². The highest BCUT2D eigenvalue weighted by atomic mass is 16.5. The highest BCUT2D eigenvalue weighted by Crippen LogP contribution is 1.96. The molecule has 4 nitrogen and oxygen atoms in total. The molecule has 0 aliphatic heterocycles. The third-order valence-corrected chi connectivity index (χ3v) is 1.81. The molecule has 0 fully saturated rings. The monoisotopic (exact) mass is 202 g/mol. The fraction of sp³-hybridized carbons (Fsp3) is 0.900. The molecule has 0 aliphatic carbocycles. The number of hydrogen-bond acceptors (Lipinski definition) is 4. The zero-order valence-electron chi connectivity index (χ0n) is 9.27. The third kappa shape index (κ3) is 11.4. The van der Waals surface area contributed by atoms with Crippen LogP contribution in [0.2, 0.25) is 0 Å². The van der Waals surface area contributed by atoms with Crippen molar-refractivity contribution in [2.24, 2.45) is 0 Å². The lowest BCUT2D eigenvalue weighted by Crippen LogP contribution is -2.35. The molecule has 0 heterocycles. The number of carbonyl (C=O) groups excluding carboxylic acids is 1. The van der Waals surface area contributed by atoms with Gasteiger partial charge in [0.15, 0.2) is 0 Å². The van der Waals surface area contributed by atoms with Crippen LogP contribution in [-0.2, 0) is 9.53 Å². The molecule has 0 aromatic rings. The number of nitrogens with one attached hydrogen (secondary N) is 2. The van der Waals surface area contributed by atoms with Crippen LogP contribution in [0.4, 0.5) is 0 Å². The van der Waals surface area contributed by atoms with E-state index >= 15 is 0 Å². The third-order valence-electron chi connectivity index (χ3n) is 1.81. The largest absolute Gasteiger partial charge is 0.464 e. The van der Waals surface area contributed by atoms with Crippen LogP contribution in [0.3, 0.4) is 0 Å². The van der Waals surface area contributed by atoms with E-state index in [9.17, 15) is 4.79 Å². The summed E-state index contributed by atoms with van der Waals surface area (Å²) < 4.78 is 4.75. The van der Waals surface area contributed by atoms with Crippen LogP contribution >= 0.6 is 0 Å². The first kappa shape index (κ1) is 13.4. The van der Waals surface area contributed by atoms with Gasteiger partial charge in [0.1, 0.15) is 6.61 Å². The number of ether oxygens (including phenoxy) is 1. The molecule has 0 radical (unpaired) electrons. The quantitative estimate of drug-likeness (QED) is 0.335. The van der Waals surface area contributed by atoms with Gasteiger partial charge in [-0.15, -0.1) is 0 Å². The van der Waals surface area contributed by atoms with Gasteiger partial charge < -0.3 is 4.74 Å². The maximum Gasteiger partial charge on any atom is 0.302 e. The summed E-state index contributed by atoms with van der Waals surface area (Å²) in [6.07, 6.45) is 5.03. The Hall–Kier alpha value is -0.610. The van der Waals surface area contributed by atoms with Gasteiger partial charge in [-0.05, 0) is 6.42 Å². The lowest BCUT2D eigenvalue weighted by atomic mass is 10.2. The van der Waals surface area contributed by atoms with Gasteiger partial charge in [-0.25, -0.2) is 0 Å². The van der Waals surface area contributed by atoms with Crippen molar-refractivity contribution in [3.05, 3.63) is 0 Å². The zero-order chi connectivity index (χ0) is 10.6. The molecule has 0 rings (SSSR count). The van der Waals surface area contributed by atoms with Crippen LogP contribution in [0.5, 0.6) is 0 Å². The average molecular weight is 202 g/mol. The van der Waals surface area contributed by atoms with Crippen molar-refractivity contribution in [1.29, 1.82) is 0 Å². The van der Waals surface area contributed by atoms with E-state index in [1.807, 2.05) is 0 Å². The maximum absolute atomic E-state index is 10.4. The first-order valence-corrected chi connectivity index (χ1v) is 5.36. The predicted octanol–water partition coefficient (Wildman–Crippen LogP) is 1.22. The van der Waals surface area contributed by atoms with Crippen molar-refractivity contribution in [3.63, 3.8) is 0 Å². The number of esters is 1. The predicted molar refractivity (Wildman–Crippen MR) is 56.8 cm³/mol. The minimum absolute atomic E-state index is 0.227. The van der Waals surface area contributed by atoms with Crippen molar-refractivity contribution in [1.82, 2.24) is 10.9 Å². The van der Waals surface area contributed by atoms with E-state index in [-0.39, 0.29) is 5.97 Å². The SMILES string of the molecule is CCCCCCNNCCOC(C)=O. The summed E-state index contributed by atoms with van der Waals surface area (Å²) >= 11 is 0. The molecule has 0 aliphatic rings. The van der Waals surface area contributed by atoms with E-state index in [0.717, 1.165) is 6.54 Å². The van der Waals surface area contributed by atoms with E-state index in [2.05, 4.69) is 17.8 Å². The smallest absolute Gasteiger partial charge is 0.302 e. The topological polar surface area (TPSA) is 50.4 Å². The van der Waals surface area contributed by atoms with Crippen LogP contribution in [0.25, 0.3) is 0 Å². The molecule has 0 aromatic heterocycles. The Morgan fingerprint density at radius 3 is 2.50 bits per heavy atom. The molecule has 14 heavy (non-hydrogen) atoms. The normalized spacial score (nSPS) is 10.1. The molecule has 0 amide bonds. The van der Waals surface area contributed by atoms with Gasteiger partial charge in [0.25, 0.3) is 0 Å². The van der Waals surface area contributed by atoms with Gasteiger partial charge in [0.05, 0.1) is 0 Å². The van der Waals surface area contributed by atoms with E-state index < -0.39 is 0 Å². The first-order chi connectivity index (χ1) is 6.77. The Morgan fingerprint density at radius 1 is 1.14 bits per heavy atom. The molecule has 0 aromatic carbocycles. The Bertz CT molecular complexity index is 140. The van der Waals surface area contributed by atoms with Crippen molar-refractivity contribution in [2.75, 3.05) is 19.7 Å². The Kier molecular flexibility index (Phi) is 10.0. The van der Waals surface area contributed by atoms with Gasteiger partial charge in [-0.2, -0.15) is 0 Å². The van der Waals surface area contributed by atoms with E-state index in [1.165, 1.54) is 32.6 Å². The number of carbonyl (C=O) groups is 1. The van der Waals surface area contributed by atoms with Gasteiger partial charge in [-0.1, -0.05) is 26.2 Å². The fourth-order valence-electron chi connectivity index (χ4n) is 1.06. The standard InChI is InChI=1S/C10H22N2O2/c1-3-4-5-6-7-11-12-8-9-14-10(2)13/h11-12H,3-9H2,1-2H3. The van der Waals surface area contributed by atoms with Crippen molar-refractivity contribution in [2.45, 2.75) is 39.5 Å². The molecular formula is C10H22N2O2. The maximum atomic E-state index is 10.4. The molecule has 0 spiro atoms. The Balaban J connectivity index is 2.88. The van der Waals surface area contributed by atoms with Crippen LogP contribution < -0.4 is 10.9 Å². The van der Waals surface area contributed by atoms with E-state index in [0.29, 0.717) is 13.2 Å². The van der Waals surface area contributed by atoms with Crippen LogP contribution in [0, 0.1) is 0 Å². The Morgan fingerprint density at radius 2 is 1.86 bits per heavy atom. The lowest BCUT2D eigenvalue weighted by Gasteiger charge is -2.06. The highest BCUT2D eigenvalue weighted by Gasteiger charge is 1.91. The number of hydrogen-bond donors (Lipinski definition) is 2. The zero-order valence-corrected chi connectivity index (χ0v) is 9.27. The molecule has 2 N–H and O–H groups in total. The van der Waals surface area contributed by atoms with Crippen molar-refractivity contribution >= 4 is 5.97 Å². The fourth-order valence-corrected chi connectivity index (χ4v) is 1.06. The first-order valence-electron chi connectivity index (χ1n) is 5.36. The molecular weight excluding hydrogens is 180 g/mol. The molecule has 0 saturated heterocycles. The molecule has 0 bridgehead atoms. The number of unbranched alkanes of at least 4 members (excludes halogenated alkanes) is 3. The average Bonchev–Trinajstić information content (AvgIpc) is 2.15. The Labute approximate surface area is 86.4 Å². The minimum Gasteiger partial charge on any atom is -0.464 e. The van der Waals surface area contributed by atoms with Crippen molar-refractivity contribution in [3.8, 4) is 0 Å². The summed E-state index contributed by atoms with van der Waals surface area (Å²) in [6, 6.07) is 0. The number of hydrazine groups is 1. The molecule has 0 unspecified atom stereocenters. The molecule has 0 atom stereocenters. The van der Waals surface area contributed by atoms with Crippen molar-refractivity contribution < 1.29 is 9.53 Å².